The lowest BCUT2D eigenvalue weighted by Gasteiger charge is -2.48. The quantitative estimate of drug-likeness (QED) is 0.641. The molecule has 1 saturated carbocycles. The fraction of sp³-hybridized carbons (Fsp3) is 1.00. The van der Waals surface area contributed by atoms with Crippen molar-refractivity contribution in [2.75, 3.05) is 13.2 Å². The van der Waals surface area contributed by atoms with E-state index in [0.717, 1.165) is 24.7 Å². The Labute approximate surface area is 68.8 Å². The van der Waals surface area contributed by atoms with Crippen molar-refractivity contribution < 1.29 is 5.11 Å². The molecule has 0 heterocycles. The van der Waals surface area contributed by atoms with E-state index < -0.39 is 0 Å². The highest BCUT2D eigenvalue weighted by molar-refractivity contribution is 4.94. The predicted octanol–water partition coefficient (Wildman–Crippen LogP) is 0.990. The van der Waals surface area contributed by atoms with Crippen LogP contribution in [0.15, 0.2) is 0 Å². The summed E-state index contributed by atoms with van der Waals surface area (Å²) in [7, 11) is 0. The van der Waals surface area contributed by atoms with Crippen molar-refractivity contribution >= 4 is 0 Å². The zero-order chi connectivity index (χ0) is 8.48. The van der Waals surface area contributed by atoms with Gasteiger partial charge >= 0.3 is 0 Å². The van der Waals surface area contributed by atoms with Crippen molar-refractivity contribution in [3.8, 4) is 0 Å². The average molecular weight is 157 g/mol. The van der Waals surface area contributed by atoms with E-state index in [0.29, 0.717) is 6.54 Å². The molecule has 1 rings (SSSR count). The van der Waals surface area contributed by atoms with Gasteiger partial charge in [-0.1, -0.05) is 13.8 Å². The maximum Gasteiger partial charge on any atom is 0.0499 e. The molecule has 11 heavy (non-hydrogen) atoms. The van der Waals surface area contributed by atoms with Crippen LogP contribution in [0, 0.1) is 17.3 Å². The molecule has 0 atom stereocenters. The lowest BCUT2D eigenvalue weighted by atomic mass is 9.59. The summed E-state index contributed by atoms with van der Waals surface area (Å²) in [5.74, 6) is 1.55. The van der Waals surface area contributed by atoms with Crippen LogP contribution in [0.3, 0.4) is 0 Å². The van der Waals surface area contributed by atoms with Gasteiger partial charge in [-0.05, 0) is 24.7 Å². The van der Waals surface area contributed by atoms with Crippen LogP contribution in [0.25, 0.3) is 0 Å². The molecule has 0 aromatic heterocycles. The predicted molar refractivity (Wildman–Crippen MR) is 46.1 cm³/mol. The first-order chi connectivity index (χ1) is 5.13. The molecule has 2 heteroatoms. The third-order valence-corrected chi connectivity index (χ3v) is 3.10. The van der Waals surface area contributed by atoms with Crippen LogP contribution in [0.1, 0.15) is 26.7 Å². The molecule has 2 nitrogen and oxygen atoms in total. The number of nitrogens with two attached hydrogens (primary N) is 1. The van der Waals surface area contributed by atoms with Gasteiger partial charge in [-0.15, -0.1) is 0 Å². The van der Waals surface area contributed by atoms with Gasteiger partial charge < -0.3 is 10.8 Å². The molecular formula is C9H19NO. The zero-order valence-corrected chi connectivity index (χ0v) is 7.51. The molecule has 0 radical (unpaired) electrons. The standard InChI is InChI=1S/C9H19NO/c1-7(2)8-3-9(4-8,5-10)6-11/h7-8,11H,3-6,10H2,1-2H3. The normalized spacial score (nSPS) is 37.4. The molecule has 0 unspecified atom stereocenters. The van der Waals surface area contributed by atoms with Crippen LogP contribution in [0.4, 0.5) is 0 Å². The highest BCUT2D eigenvalue weighted by Crippen LogP contribution is 2.47. The van der Waals surface area contributed by atoms with E-state index in [1.54, 1.807) is 0 Å². The smallest absolute Gasteiger partial charge is 0.0499 e. The largest absolute Gasteiger partial charge is 0.396 e. The van der Waals surface area contributed by atoms with Crippen LogP contribution in [0.5, 0.6) is 0 Å². The Balaban J connectivity index is 2.35. The summed E-state index contributed by atoms with van der Waals surface area (Å²) in [6.07, 6.45) is 2.25. The number of aliphatic hydroxyl groups is 1. The van der Waals surface area contributed by atoms with Gasteiger partial charge in [-0.2, -0.15) is 0 Å². The molecule has 1 fully saturated rings. The number of aliphatic hydroxyl groups excluding tert-OH is 1. The first-order valence-corrected chi connectivity index (χ1v) is 4.44. The van der Waals surface area contributed by atoms with Crippen LogP contribution in [0.2, 0.25) is 0 Å². The minimum absolute atomic E-state index is 0.0922. The lowest BCUT2D eigenvalue weighted by molar-refractivity contribution is -0.0166. The molecular weight excluding hydrogens is 138 g/mol. The molecule has 66 valence electrons. The summed E-state index contributed by atoms with van der Waals surface area (Å²) in [6.45, 7) is 5.39. The molecule has 0 amide bonds. The Morgan fingerprint density at radius 3 is 2.36 bits per heavy atom. The first-order valence-electron chi connectivity index (χ1n) is 4.44. The van der Waals surface area contributed by atoms with E-state index in [-0.39, 0.29) is 12.0 Å². The van der Waals surface area contributed by atoms with Crippen molar-refractivity contribution in [3.63, 3.8) is 0 Å². The molecule has 0 aromatic carbocycles. The third-order valence-electron chi connectivity index (χ3n) is 3.10. The Morgan fingerprint density at radius 2 is 2.09 bits per heavy atom. The van der Waals surface area contributed by atoms with Crippen LogP contribution < -0.4 is 5.73 Å². The van der Waals surface area contributed by atoms with Crippen LogP contribution in [-0.2, 0) is 0 Å². The van der Waals surface area contributed by atoms with E-state index in [9.17, 15) is 0 Å². The van der Waals surface area contributed by atoms with Crippen LogP contribution in [-0.4, -0.2) is 18.3 Å². The van der Waals surface area contributed by atoms with E-state index in [1.807, 2.05) is 0 Å². The second kappa shape index (κ2) is 3.11. The molecule has 0 spiro atoms. The molecule has 0 aliphatic heterocycles. The summed E-state index contributed by atoms with van der Waals surface area (Å²) < 4.78 is 0. The maximum atomic E-state index is 9.06. The van der Waals surface area contributed by atoms with Gasteiger partial charge in [0, 0.05) is 18.6 Å². The number of hydrogen-bond donors (Lipinski definition) is 2. The minimum atomic E-state index is 0.0922. The summed E-state index contributed by atoms with van der Waals surface area (Å²) in [5.41, 5.74) is 5.67. The molecule has 1 aliphatic rings. The Morgan fingerprint density at radius 1 is 1.55 bits per heavy atom. The van der Waals surface area contributed by atoms with Gasteiger partial charge in [-0.3, -0.25) is 0 Å². The van der Waals surface area contributed by atoms with Gasteiger partial charge in [0.1, 0.15) is 0 Å². The lowest BCUT2D eigenvalue weighted by Crippen LogP contribution is -2.47. The Hall–Kier alpha value is -0.0800. The fourth-order valence-electron chi connectivity index (χ4n) is 1.88. The minimum Gasteiger partial charge on any atom is -0.396 e. The third kappa shape index (κ3) is 1.57. The molecule has 3 N–H and O–H groups in total. The summed E-state index contributed by atoms with van der Waals surface area (Å²) in [4.78, 5) is 0. The van der Waals surface area contributed by atoms with Crippen LogP contribution >= 0.6 is 0 Å². The monoisotopic (exact) mass is 157 g/mol. The topological polar surface area (TPSA) is 46.2 Å². The van der Waals surface area contributed by atoms with Crippen molar-refractivity contribution in [2.45, 2.75) is 26.7 Å². The number of hydrogen-bond acceptors (Lipinski definition) is 2. The second-order valence-electron chi connectivity index (χ2n) is 4.27. The van der Waals surface area contributed by atoms with Crippen molar-refractivity contribution in [1.82, 2.24) is 0 Å². The van der Waals surface area contributed by atoms with Gasteiger partial charge in [0.2, 0.25) is 0 Å². The van der Waals surface area contributed by atoms with E-state index in [4.69, 9.17) is 10.8 Å². The molecule has 1 aliphatic carbocycles. The highest BCUT2D eigenvalue weighted by Gasteiger charge is 2.43. The van der Waals surface area contributed by atoms with Gasteiger partial charge in [-0.25, -0.2) is 0 Å². The zero-order valence-electron chi connectivity index (χ0n) is 7.51. The highest BCUT2D eigenvalue weighted by atomic mass is 16.3. The average Bonchev–Trinajstić information content (AvgIpc) is 1.87. The van der Waals surface area contributed by atoms with Gasteiger partial charge in [0.25, 0.3) is 0 Å². The number of rotatable bonds is 3. The molecule has 0 aromatic rings. The Bertz CT molecular complexity index is 122. The van der Waals surface area contributed by atoms with E-state index >= 15 is 0 Å². The van der Waals surface area contributed by atoms with E-state index in [2.05, 4.69) is 13.8 Å². The van der Waals surface area contributed by atoms with Crippen molar-refractivity contribution in [2.24, 2.45) is 23.0 Å². The molecule has 0 bridgehead atoms. The summed E-state index contributed by atoms with van der Waals surface area (Å²) in [6, 6.07) is 0. The maximum absolute atomic E-state index is 9.06. The summed E-state index contributed by atoms with van der Waals surface area (Å²) in [5, 5.41) is 9.06. The summed E-state index contributed by atoms with van der Waals surface area (Å²) >= 11 is 0. The van der Waals surface area contributed by atoms with Gasteiger partial charge in [0.05, 0.1) is 0 Å². The van der Waals surface area contributed by atoms with E-state index in [1.165, 1.54) is 0 Å². The Kier molecular flexibility index (Phi) is 2.55. The SMILES string of the molecule is CC(C)C1CC(CN)(CO)C1. The fourth-order valence-corrected chi connectivity index (χ4v) is 1.88. The molecule has 0 saturated heterocycles. The first kappa shape index (κ1) is 9.01. The van der Waals surface area contributed by atoms with Crippen molar-refractivity contribution in [1.29, 1.82) is 0 Å². The van der Waals surface area contributed by atoms with Gasteiger partial charge in [0.15, 0.2) is 0 Å². The van der Waals surface area contributed by atoms with Crippen molar-refractivity contribution in [3.05, 3.63) is 0 Å². The second-order valence-corrected chi connectivity index (χ2v) is 4.27.